The topological polar surface area (TPSA) is 71.3 Å². The third-order valence-corrected chi connectivity index (χ3v) is 7.15. The monoisotopic (exact) mass is 429 g/mol. The van der Waals surface area contributed by atoms with Crippen molar-refractivity contribution in [1.29, 1.82) is 0 Å². The molecule has 1 aromatic carbocycles. The van der Waals surface area contributed by atoms with Crippen LogP contribution >= 0.6 is 0 Å². The Balaban J connectivity index is 1.65. The van der Waals surface area contributed by atoms with Crippen molar-refractivity contribution in [2.45, 2.75) is 44.0 Å². The summed E-state index contributed by atoms with van der Waals surface area (Å²) in [5.74, 6) is 0. The zero-order valence-corrected chi connectivity index (χ0v) is 19.1. The highest BCUT2D eigenvalue weighted by molar-refractivity contribution is 7.85. The number of carbonyl (C=O) groups excluding carboxylic acids is 1. The third-order valence-electron chi connectivity index (χ3n) is 5.57. The molecule has 8 heteroatoms. The van der Waals surface area contributed by atoms with Gasteiger partial charge in [-0.3, -0.25) is 4.90 Å². The molecule has 1 unspecified atom stereocenters. The molecule has 0 radical (unpaired) electrons. The maximum atomic E-state index is 13.1. The largest absolute Gasteiger partial charge is 0.303 e. The molecule has 0 aliphatic carbocycles. The van der Waals surface area contributed by atoms with Crippen LogP contribution < -0.4 is 0 Å². The Morgan fingerprint density at radius 1 is 1.13 bits per heavy atom. The van der Waals surface area contributed by atoms with E-state index in [2.05, 4.69) is 26.2 Å². The van der Waals surface area contributed by atoms with E-state index in [1.54, 1.807) is 4.68 Å². The van der Waals surface area contributed by atoms with Gasteiger partial charge in [0.05, 0.1) is 5.69 Å². The van der Waals surface area contributed by atoms with Crippen LogP contribution in [-0.2, 0) is 15.6 Å². The summed E-state index contributed by atoms with van der Waals surface area (Å²) in [5.41, 5.74) is 3.94. The molecule has 162 valence electrons. The standard InChI is InChI=1S/C22H31N5O2S/c1-17-6-7-21(18(2)16-17)30(29)22-20(4)27(24-23-22)19(3)8-10-26-13-11-25(12-14-26)9-5-15-28/h6-8,15-16H,5,9-14H2,1-4H3/b19-8+. The maximum absolute atomic E-state index is 13.1. The highest BCUT2D eigenvalue weighted by Gasteiger charge is 2.20. The lowest BCUT2D eigenvalue weighted by molar-refractivity contribution is -0.108. The number of aldehydes is 1. The van der Waals surface area contributed by atoms with Crippen LogP contribution in [0.25, 0.3) is 5.70 Å². The lowest BCUT2D eigenvalue weighted by Crippen LogP contribution is -2.46. The molecule has 0 amide bonds. The number of benzene rings is 1. The quantitative estimate of drug-likeness (QED) is 0.600. The number of nitrogens with zero attached hydrogens (tertiary/aromatic N) is 5. The molecular weight excluding hydrogens is 398 g/mol. The summed E-state index contributed by atoms with van der Waals surface area (Å²) in [6.45, 7) is 13.6. The molecule has 1 aliphatic heterocycles. The van der Waals surface area contributed by atoms with E-state index >= 15 is 0 Å². The molecule has 0 spiro atoms. The van der Waals surface area contributed by atoms with Gasteiger partial charge < -0.3 is 9.69 Å². The molecule has 1 aromatic heterocycles. The molecule has 1 saturated heterocycles. The number of hydrogen-bond donors (Lipinski definition) is 0. The summed E-state index contributed by atoms with van der Waals surface area (Å²) in [6, 6.07) is 5.93. The van der Waals surface area contributed by atoms with Gasteiger partial charge in [0, 0.05) is 56.3 Å². The second-order valence-corrected chi connectivity index (χ2v) is 9.24. The number of aryl methyl sites for hydroxylation is 2. The molecule has 2 heterocycles. The molecule has 2 aromatic rings. The Bertz CT molecular complexity index is 945. The molecule has 0 saturated carbocycles. The fraction of sp³-hybridized carbons (Fsp3) is 0.500. The van der Waals surface area contributed by atoms with E-state index in [1.165, 1.54) is 0 Å². The van der Waals surface area contributed by atoms with Crippen LogP contribution in [0.15, 0.2) is 34.2 Å². The first kappa shape index (κ1) is 22.5. The van der Waals surface area contributed by atoms with Gasteiger partial charge in [0.25, 0.3) is 0 Å². The lowest BCUT2D eigenvalue weighted by atomic mass is 10.2. The van der Waals surface area contributed by atoms with Gasteiger partial charge in [-0.25, -0.2) is 8.89 Å². The van der Waals surface area contributed by atoms with Gasteiger partial charge in [-0.05, 0) is 45.4 Å². The minimum Gasteiger partial charge on any atom is -0.303 e. The second kappa shape index (κ2) is 10.2. The highest BCUT2D eigenvalue weighted by atomic mass is 32.2. The van der Waals surface area contributed by atoms with Gasteiger partial charge in [-0.15, -0.1) is 5.10 Å². The average molecular weight is 430 g/mol. The number of allylic oxidation sites excluding steroid dienone is 1. The van der Waals surface area contributed by atoms with Crippen LogP contribution in [0, 0.1) is 20.8 Å². The SMILES string of the molecule is C/C(=C\CN1CCN(CCC=O)CC1)n1nnc(S(=O)c2ccc(C)cc2C)c1C. The first-order valence-corrected chi connectivity index (χ1v) is 11.5. The summed E-state index contributed by atoms with van der Waals surface area (Å²) in [7, 11) is -1.35. The molecule has 0 N–H and O–H groups in total. The van der Waals surface area contributed by atoms with Crippen molar-refractivity contribution in [3.8, 4) is 0 Å². The molecule has 1 aliphatic rings. The van der Waals surface area contributed by atoms with Gasteiger partial charge in [0.1, 0.15) is 17.1 Å². The first-order valence-electron chi connectivity index (χ1n) is 10.4. The van der Waals surface area contributed by atoms with Crippen molar-refractivity contribution >= 4 is 22.8 Å². The molecular formula is C22H31N5O2S. The van der Waals surface area contributed by atoms with Crippen molar-refractivity contribution in [3.05, 3.63) is 41.1 Å². The normalized spacial score (nSPS) is 17.3. The number of aromatic nitrogens is 3. The number of carbonyl (C=O) groups is 1. The number of piperazine rings is 1. The van der Waals surface area contributed by atoms with Crippen molar-refractivity contribution in [1.82, 2.24) is 24.8 Å². The lowest BCUT2D eigenvalue weighted by Gasteiger charge is -2.33. The third kappa shape index (κ3) is 5.30. The zero-order valence-electron chi connectivity index (χ0n) is 18.3. The Kier molecular flexibility index (Phi) is 7.69. The summed E-state index contributed by atoms with van der Waals surface area (Å²) in [6.07, 6.45) is 3.74. The number of hydrogen-bond acceptors (Lipinski definition) is 6. The van der Waals surface area contributed by atoms with E-state index in [9.17, 15) is 9.00 Å². The van der Waals surface area contributed by atoms with E-state index in [1.807, 2.05) is 45.9 Å². The van der Waals surface area contributed by atoms with Crippen LogP contribution in [0.1, 0.15) is 30.2 Å². The van der Waals surface area contributed by atoms with Gasteiger partial charge in [0.15, 0.2) is 5.03 Å². The molecule has 1 atom stereocenters. The van der Waals surface area contributed by atoms with E-state index in [0.29, 0.717) is 11.4 Å². The molecule has 0 bridgehead atoms. The molecule has 1 fully saturated rings. The minimum atomic E-state index is -1.35. The highest BCUT2D eigenvalue weighted by Crippen LogP contribution is 2.22. The second-order valence-electron chi connectivity index (χ2n) is 7.87. The van der Waals surface area contributed by atoms with Crippen LogP contribution in [0.4, 0.5) is 0 Å². The summed E-state index contributed by atoms with van der Waals surface area (Å²) in [5, 5.41) is 9.01. The van der Waals surface area contributed by atoms with Gasteiger partial charge >= 0.3 is 0 Å². The van der Waals surface area contributed by atoms with E-state index in [0.717, 1.165) is 73.0 Å². The van der Waals surface area contributed by atoms with Crippen molar-refractivity contribution in [2.24, 2.45) is 0 Å². The van der Waals surface area contributed by atoms with Gasteiger partial charge in [0.2, 0.25) is 0 Å². The van der Waals surface area contributed by atoms with Gasteiger partial charge in [-0.1, -0.05) is 22.9 Å². The Morgan fingerprint density at radius 2 is 1.83 bits per heavy atom. The minimum absolute atomic E-state index is 0.512. The zero-order chi connectivity index (χ0) is 21.7. The first-order chi connectivity index (χ1) is 14.4. The summed E-state index contributed by atoms with van der Waals surface area (Å²) in [4.78, 5) is 16.0. The van der Waals surface area contributed by atoms with Crippen LogP contribution in [0.2, 0.25) is 0 Å². The molecule has 3 rings (SSSR count). The Hall–Kier alpha value is -2.16. The fourth-order valence-corrected chi connectivity index (χ4v) is 4.93. The van der Waals surface area contributed by atoms with Crippen molar-refractivity contribution < 1.29 is 9.00 Å². The van der Waals surface area contributed by atoms with E-state index in [-0.39, 0.29) is 0 Å². The van der Waals surface area contributed by atoms with Crippen molar-refractivity contribution in [2.75, 3.05) is 39.3 Å². The predicted molar refractivity (Wildman–Crippen MR) is 119 cm³/mol. The van der Waals surface area contributed by atoms with E-state index < -0.39 is 10.8 Å². The summed E-state index contributed by atoms with van der Waals surface area (Å²) >= 11 is 0. The smallest absolute Gasteiger partial charge is 0.177 e. The fourth-order valence-electron chi connectivity index (χ4n) is 3.71. The predicted octanol–water partition coefficient (Wildman–Crippen LogP) is 2.44. The molecule has 7 nitrogen and oxygen atoms in total. The average Bonchev–Trinajstić information content (AvgIpc) is 3.12. The molecule has 30 heavy (non-hydrogen) atoms. The van der Waals surface area contributed by atoms with E-state index in [4.69, 9.17) is 0 Å². The van der Waals surface area contributed by atoms with Crippen LogP contribution in [0.5, 0.6) is 0 Å². The van der Waals surface area contributed by atoms with Crippen LogP contribution in [-0.4, -0.2) is 74.6 Å². The maximum Gasteiger partial charge on any atom is 0.177 e. The summed E-state index contributed by atoms with van der Waals surface area (Å²) < 4.78 is 14.9. The number of rotatable bonds is 8. The van der Waals surface area contributed by atoms with Gasteiger partial charge in [-0.2, -0.15) is 0 Å². The van der Waals surface area contributed by atoms with Crippen molar-refractivity contribution in [3.63, 3.8) is 0 Å². The van der Waals surface area contributed by atoms with Crippen LogP contribution in [0.3, 0.4) is 0 Å². The Morgan fingerprint density at radius 3 is 2.50 bits per heavy atom. The Labute approximate surface area is 181 Å².